The van der Waals surface area contributed by atoms with E-state index in [0.717, 1.165) is 31.4 Å². The molecule has 1 saturated carbocycles. The van der Waals surface area contributed by atoms with Crippen LogP contribution in [0.1, 0.15) is 18.4 Å². The first kappa shape index (κ1) is 15.6. The molecular weight excluding hydrogens is 309 g/mol. The number of benzene rings is 1. The fourth-order valence-electron chi connectivity index (χ4n) is 4.36. The molecule has 0 spiro atoms. The van der Waals surface area contributed by atoms with E-state index >= 15 is 0 Å². The Morgan fingerprint density at radius 3 is 2.71 bits per heavy atom. The summed E-state index contributed by atoms with van der Waals surface area (Å²) in [6.45, 7) is 1.42. The van der Waals surface area contributed by atoms with Crippen molar-refractivity contribution in [3.8, 4) is 0 Å². The van der Waals surface area contributed by atoms with Crippen molar-refractivity contribution in [3.63, 3.8) is 0 Å². The van der Waals surface area contributed by atoms with Crippen molar-refractivity contribution in [1.82, 2.24) is 10.2 Å². The Morgan fingerprint density at radius 2 is 2.00 bits per heavy atom. The maximum Gasteiger partial charge on any atom is 0.240 e. The molecule has 24 heavy (non-hydrogen) atoms. The van der Waals surface area contributed by atoms with Crippen molar-refractivity contribution in [3.05, 3.63) is 35.6 Å². The second-order valence-electron chi connectivity index (χ2n) is 7.39. The number of primary amides is 1. The van der Waals surface area contributed by atoms with E-state index in [1.165, 1.54) is 12.1 Å². The molecule has 6 heteroatoms. The van der Waals surface area contributed by atoms with Crippen molar-refractivity contribution in [1.29, 1.82) is 0 Å². The first-order chi connectivity index (χ1) is 11.5. The van der Waals surface area contributed by atoms with Crippen LogP contribution >= 0.6 is 0 Å². The van der Waals surface area contributed by atoms with Crippen LogP contribution in [0.5, 0.6) is 0 Å². The Hall–Kier alpha value is -1.95. The molecular formula is C18H22FN3O2. The van der Waals surface area contributed by atoms with Gasteiger partial charge in [-0.15, -0.1) is 0 Å². The lowest BCUT2D eigenvalue weighted by atomic mass is 9.96. The molecule has 5 nitrogen and oxygen atoms in total. The summed E-state index contributed by atoms with van der Waals surface area (Å²) in [4.78, 5) is 26.1. The molecule has 5 atom stereocenters. The third kappa shape index (κ3) is 2.79. The number of rotatable bonds is 4. The first-order valence-electron chi connectivity index (χ1n) is 8.60. The van der Waals surface area contributed by atoms with Gasteiger partial charge < -0.3 is 16.0 Å². The molecule has 4 rings (SSSR count). The zero-order valence-corrected chi connectivity index (χ0v) is 13.5. The smallest absolute Gasteiger partial charge is 0.240 e. The van der Waals surface area contributed by atoms with Gasteiger partial charge in [0, 0.05) is 6.54 Å². The molecule has 0 radical (unpaired) electrons. The van der Waals surface area contributed by atoms with Crippen LogP contribution in [0.4, 0.5) is 4.39 Å². The molecule has 3 fully saturated rings. The predicted octanol–water partition coefficient (Wildman–Crippen LogP) is 0.678. The summed E-state index contributed by atoms with van der Waals surface area (Å²) in [5.74, 6) is 0.475. The minimum atomic E-state index is -0.416. The summed E-state index contributed by atoms with van der Waals surface area (Å²) in [6.07, 6.45) is 2.58. The van der Waals surface area contributed by atoms with Gasteiger partial charge in [0.25, 0.3) is 0 Å². The number of carbonyl (C=O) groups is 2. The van der Waals surface area contributed by atoms with Gasteiger partial charge in [-0.25, -0.2) is 4.39 Å². The number of nitrogens with one attached hydrogen (secondary N) is 1. The normalized spacial score (nSPS) is 34.2. The van der Waals surface area contributed by atoms with Gasteiger partial charge in [0.15, 0.2) is 0 Å². The van der Waals surface area contributed by atoms with E-state index in [9.17, 15) is 14.0 Å². The van der Waals surface area contributed by atoms with Gasteiger partial charge in [0.05, 0.1) is 6.04 Å². The quantitative estimate of drug-likeness (QED) is 0.852. The van der Waals surface area contributed by atoms with Crippen LogP contribution in [0.25, 0.3) is 0 Å². The Bertz CT molecular complexity index is 663. The topological polar surface area (TPSA) is 75.4 Å². The van der Waals surface area contributed by atoms with Crippen LogP contribution in [0.3, 0.4) is 0 Å². The van der Waals surface area contributed by atoms with E-state index < -0.39 is 6.04 Å². The van der Waals surface area contributed by atoms with E-state index in [1.54, 1.807) is 17.0 Å². The molecule has 1 aliphatic carbocycles. The van der Waals surface area contributed by atoms with Gasteiger partial charge in [0.2, 0.25) is 11.8 Å². The minimum absolute atomic E-state index is 0.00704. The van der Waals surface area contributed by atoms with Crippen LogP contribution in [0.2, 0.25) is 0 Å². The van der Waals surface area contributed by atoms with E-state index in [0.29, 0.717) is 18.4 Å². The first-order valence-corrected chi connectivity index (χ1v) is 8.60. The van der Waals surface area contributed by atoms with Crippen LogP contribution in [-0.4, -0.2) is 41.9 Å². The standard InChI is InChI=1S/C18H22FN3O2/c19-13-3-1-10(2-4-13)5-11-6-15(21-8-11)18(24)22-9-12-7-14(12)16(22)17(20)23/h1-4,11-12,14-16,21H,5-9H2,(H2,20,23)/t11-,12?,14?,15+,16?/m0/s1. The van der Waals surface area contributed by atoms with E-state index in [-0.39, 0.29) is 29.6 Å². The Balaban J connectivity index is 1.37. The third-order valence-electron chi connectivity index (χ3n) is 5.68. The van der Waals surface area contributed by atoms with E-state index in [4.69, 9.17) is 5.73 Å². The number of hydrogen-bond acceptors (Lipinski definition) is 3. The van der Waals surface area contributed by atoms with E-state index in [1.807, 2.05) is 0 Å². The fourth-order valence-corrected chi connectivity index (χ4v) is 4.36. The number of carbonyl (C=O) groups excluding carboxylic acids is 2. The molecule has 3 aliphatic rings. The van der Waals surface area contributed by atoms with Crippen LogP contribution in [0, 0.1) is 23.6 Å². The molecule has 0 bridgehead atoms. The maximum absolute atomic E-state index is 13.0. The number of fused-ring (bicyclic) bond motifs is 1. The SMILES string of the molecule is NC(=O)C1C2CC2CN1C(=O)[C@H]1C[C@H](Cc2ccc(F)cc2)CN1. The fraction of sp³-hybridized carbons (Fsp3) is 0.556. The number of likely N-dealkylation sites (tertiary alicyclic amines) is 1. The lowest BCUT2D eigenvalue weighted by molar-refractivity contribution is -0.139. The number of piperidine rings is 1. The second-order valence-corrected chi connectivity index (χ2v) is 7.39. The zero-order valence-electron chi connectivity index (χ0n) is 13.5. The molecule has 2 heterocycles. The van der Waals surface area contributed by atoms with E-state index in [2.05, 4.69) is 5.32 Å². The number of halogens is 1. The van der Waals surface area contributed by atoms with Crippen LogP contribution < -0.4 is 11.1 Å². The van der Waals surface area contributed by atoms with Crippen LogP contribution in [0.15, 0.2) is 24.3 Å². The maximum atomic E-state index is 13.0. The molecule has 128 valence electrons. The van der Waals surface area contributed by atoms with Crippen molar-refractivity contribution in [2.75, 3.05) is 13.1 Å². The Labute approximate surface area is 140 Å². The van der Waals surface area contributed by atoms with Crippen molar-refractivity contribution >= 4 is 11.8 Å². The lowest BCUT2D eigenvalue weighted by Crippen LogP contribution is -2.51. The summed E-state index contributed by atoms with van der Waals surface area (Å²) in [5, 5.41) is 3.29. The average molecular weight is 331 g/mol. The largest absolute Gasteiger partial charge is 0.368 e. The van der Waals surface area contributed by atoms with Crippen molar-refractivity contribution in [2.24, 2.45) is 23.5 Å². The number of hydrogen-bond donors (Lipinski definition) is 2. The monoisotopic (exact) mass is 331 g/mol. The second kappa shape index (κ2) is 5.84. The van der Waals surface area contributed by atoms with Crippen LogP contribution in [-0.2, 0) is 16.0 Å². The van der Waals surface area contributed by atoms with Gasteiger partial charge in [-0.1, -0.05) is 12.1 Å². The molecule has 2 aliphatic heterocycles. The van der Waals surface area contributed by atoms with Gasteiger partial charge in [-0.3, -0.25) is 9.59 Å². The van der Waals surface area contributed by atoms with Crippen molar-refractivity contribution < 1.29 is 14.0 Å². The van der Waals surface area contributed by atoms with Gasteiger partial charge in [-0.05, 0) is 61.3 Å². The summed E-state index contributed by atoms with van der Waals surface area (Å²) >= 11 is 0. The predicted molar refractivity (Wildman–Crippen MR) is 86.3 cm³/mol. The average Bonchev–Trinajstić information content (AvgIpc) is 2.99. The molecule has 2 amide bonds. The van der Waals surface area contributed by atoms with Gasteiger partial charge >= 0.3 is 0 Å². The molecule has 3 unspecified atom stereocenters. The number of nitrogens with zero attached hydrogens (tertiary/aromatic N) is 1. The highest BCUT2D eigenvalue weighted by atomic mass is 19.1. The van der Waals surface area contributed by atoms with Gasteiger partial charge in [-0.2, -0.15) is 0 Å². The summed E-state index contributed by atoms with van der Waals surface area (Å²) in [6, 6.07) is 5.86. The third-order valence-corrected chi connectivity index (χ3v) is 5.68. The lowest BCUT2D eigenvalue weighted by Gasteiger charge is -2.27. The Kier molecular flexibility index (Phi) is 3.79. The number of nitrogens with two attached hydrogens (primary N) is 1. The molecule has 0 aromatic heterocycles. The highest BCUT2D eigenvalue weighted by molar-refractivity contribution is 5.90. The highest BCUT2D eigenvalue weighted by Crippen LogP contribution is 2.49. The Morgan fingerprint density at radius 1 is 1.25 bits per heavy atom. The summed E-state index contributed by atoms with van der Waals surface area (Å²) in [7, 11) is 0. The number of amides is 2. The molecule has 3 N–H and O–H groups in total. The zero-order chi connectivity index (χ0) is 16.8. The summed E-state index contributed by atoms with van der Waals surface area (Å²) in [5.41, 5.74) is 6.58. The minimum Gasteiger partial charge on any atom is -0.368 e. The highest BCUT2D eigenvalue weighted by Gasteiger charge is 2.57. The van der Waals surface area contributed by atoms with Crippen molar-refractivity contribution in [2.45, 2.75) is 31.3 Å². The molecule has 1 aromatic carbocycles. The van der Waals surface area contributed by atoms with Gasteiger partial charge in [0.1, 0.15) is 11.9 Å². The molecule has 2 saturated heterocycles. The summed E-state index contributed by atoms with van der Waals surface area (Å²) < 4.78 is 13.0. The molecule has 1 aromatic rings.